The van der Waals surface area contributed by atoms with Crippen LogP contribution in [0.3, 0.4) is 0 Å². The van der Waals surface area contributed by atoms with Gasteiger partial charge in [0.1, 0.15) is 6.04 Å². The van der Waals surface area contributed by atoms with Gasteiger partial charge >= 0.3 is 5.97 Å². The predicted octanol–water partition coefficient (Wildman–Crippen LogP) is 4.42. The Morgan fingerprint density at radius 1 is 0.925 bits per heavy atom. The molecule has 4 rings (SSSR count). The van der Waals surface area contributed by atoms with Gasteiger partial charge in [0.2, 0.25) is 5.91 Å². The van der Waals surface area contributed by atoms with Crippen LogP contribution in [0.25, 0.3) is 0 Å². The Morgan fingerprint density at radius 2 is 1.60 bits per heavy atom. The summed E-state index contributed by atoms with van der Waals surface area (Å²) < 4.78 is 70.6. The smallest absolute Gasteiger partial charge is 0.321 e. The second-order valence-corrected chi connectivity index (χ2v) is 11.7. The molecule has 4 atom stereocenters. The fourth-order valence-electron chi connectivity index (χ4n) is 5.84. The van der Waals surface area contributed by atoms with E-state index >= 15 is 0 Å². The van der Waals surface area contributed by atoms with Gasteiger partial charge in [0.05, 0.1) is 5.92 Å². The Bertz CT molecular complexity index is 1280. The molecule has 0 radical (unpaired) electrons. The van der Waals surface area contributed by atoms with Crippen molar-refractivity contribution in [3.8, 4) is 0 Å². The van der Waals surface area contributed by atoms with Crippen molar-refractivity contribution in [3.05, 3.63) is 70.5 Å². The molecule has 0 spiro atoms. The summed E-state index contributed by atoms with van der Waals surface area (Å²) in [5, 5.41) is 9.88. The maximum atomic E-state index is 14.9. The number of benzene rings is 2. The van der Waals surface area contributed by atoms with E-state index in [1.807, 2.05) is 25.7 Å². The van der Waals surface area contributed by atoms with Gasteiger partial charge in [-0.3, -0.25) is 19.4 Å². The Balaban J connectivity index is 1.54. The quantitative estimate of drug-likeness (QED) is 0.414. The van der Waals surface area contributed by atoms with E-state index in [9.17, 15) is 36.6 Å². The van der Waals surface area contributed by atoms with Crippen molar-refractivity contribution in [3.63, 3.8) is 0 Å². The normalized spacial score (nSPS) is 23.4. The van der Waals surface area contributed by atoms with E-state index in [-0.39, 0.29) is 61.7 Å². The molecule has 11 heteroatoms. The fraction of sp³-hybridized carbons (Fsp3) is 0.517. The van der Waals surface area contributed by atoms with Gasteiger partial charge in [0, 0.05) is 56.6 Å². The second-order valence-electron chi connectivity index (χ2n) is 11.7. The highest BCUT2D eigenvalue weighted by Gasteiger charge is 2.46. The van der Waals surface area contributed by atoms with Gasteiger partial charge in [-0.1, -0.05) is 18.2 Å². The fourth-order valence-corrected chi connectivity index (χ4v) is 5.84. The summed E-state index contributed by atoms with van der Waals surface area (Å²) in [5.74, 6) is -9.24. The largest absolute Gasteiger partial charge is 0.480 e. The first-order chi connectivity index (χ1) is 18.7. The first-order valence-corrected chi connectivity index (χ1v) is 13.3. The summed E-state index contributed by atoms with van der Waals surface area (Å²) in [6.07, 6.45) is -0.250. The lowest BCUT2D eigenvalue weighted by Crippen LogP contribution is -2.59. The number of likely N-dealkylation sites (tertiary alicyclic amines) is 1. The monoisotopic (exact) mass is 567 g/mol. The maximum Gasteiger partial charge on any atom is 0.321 e. The lowest BCUT2D eigenvalue weighted by atomic mass is 9.87. The molecule has 40 heavy (non-hydrogen) atoms. The lowest BCUT2D eigenvalue weighted by molar-refractivity contribution is -0.147. The number of carbonyl (C=O) groups is 2. The van der Waals surface area contributed by atoms with Crippen LogP contribution in [-0.4, -0.2) is 82.0 Å². The number of piperazine rings is 1. The highest BCUT2D eigenvalue weighted by molar-refractivity contribution is 5.81. The number of rotatable bonds is 6. The first kappa shape index (κ1) is 29.9. The van der Waals surface area contributed by atoms with E-state index in [2.05, 4.69) is 0 Å². The molecule has 2 saturated heterocycles. The van der Waals surface area contributed by atoms with Crippen molar-refractivity contribution < 1.29 is 36.6 Å². The van der Waals surface area contributed by atoms with E-state index in [4.69, 9.17) is 0 Å². The molecule has 2 aliphatic rings. The standard InChI is InChI=1S/C29H34F5N3O3/c1-16-13-35(23(28(39)40)12-17-6-5-7-21(30)24(17)32)10-11-37(16)27(38)20-15-36(29(2,3)4)14-19(20)18-8-9-22(31)26(34)25(18)33/h5-9,16,19-20,23H,10-15H2,1-4H3,(H,39,40)/t16-,19-,20+,23-/m0/s1. The average Bonchev–Trinajstić information content (AvgIpc) is 3.33. The molecule has 0 unspecified atom stereocenters. The second kappa shape index (κ2) is 11.4. The van der Waals surface area contributed by atoms with E-state index in [1.165, 1.54) is 18.2 Å². The van der Waals surface area contributed by atoms with Crippen molar-refractivity contribution >= 4 is 11.9 Å². The lowest BCUT2D eigenvalue weighted by Gasteiger charge is -2.43. The molecule has 0 aliphatic carbocycles. The summed E-state index contributed by atoms with van der Waals surface area (Å²) in [7, 11) is 0. The zero-order chi connectivity index (χ0) is 29.5. The summed E-state index contributed by atoms with van der Waals surface area (Å²) in [6.45, 7) is 8.67. The molecule has 0 saturated carbocycles. The molecule has 6 nitrogen and oxygen atoms in total. The van der Waals surface area contributed by atoms with Crippen LogP contribution in [0.15, 0.2) is 30.3 Å². The van der Waals surface area contributed by atoms with Crippen molar-refractivity contribution in [2.75, 3.05) is 32.7 Å². The topological polar surface area (TPSA) is 64.1 Å². The highest BCUT2D eigenvalue weighted by atomic mass is 19.2. The number of hydrogen-bond acceptors (Lipinski definition) is 4. The predicted molar refractivity (Wildman–Crippen MR) is 138 cm³/mol. The molecule has 2 aromatic rings. The summed E-state index contributed by atoms with van der Waals surface area (Å²) in [4.78, 5) is 31.3. The van der Waals surface area contributed by atoms with Crippen LogP contribution < -0.4 is 0 Å². The molecule has 2 aliphatic heterocycles. The minimum Gasteiger partial charge on any atom is -0.480 e. The SMILES string of the molecule is C[C@H]1CN([C@@H](Cc2cccc(F)c2F)C(=O)O)CCN1C(=O)[C@@H]1CN(C(C)(C)C)C[C@H]1c1ccc(F)c(F)c1F. The minimum atomic E-state index is -1.57. The van der Waals surface area contributed by atoms with Crippen molar-refractivity contribution in [1.82, 2.24) is 14.7 Å². The zero-order valence-corrected chi connectivity index (χ0v) is 22.9. The molecule has 0 aromatic heterocycles. The van der Waals surface area contributed by atoms with Crippen LogP contribution in [0.1, 0.15) is 44.7 Å². The number of hydrogen-bond donors (Lipinski definition) is 1. The number of nitrogens with zero attached hydrogens (tertiary/aromatic N) is 3. The molecule has 2 fully saturated rings. The molecule has 2 aromatic carbocycles. The third-order valence-electron chi connectivity index (χ3n) is 8.16. The summed E-state index contributed by atoms with van der Waals surface area (Å²) in [5.41, 5.74) is -0.477. The van der Waals surface area contributed by atoms with Crippen molar-refractivity contribution in [2.24, 2.45) is 5.92 Å². The van der Waals surface area contributed by atoms with Gasteiger partial charge in [-0.25, -0.2) is 22.0 Å². The van der Waals surface area contributed by atoms with E-state index in [0.717, 1.165) is 12.1 Å². The summed E-state index contributed by atoms with van der Waals surface area (Å²) >= 11 is 0. The van der Waals surface area contributed by atoms with E-state index in [1.54, 1.807) is 16.7 Å². The number of carboxylic acid groups (broad SMARTS) is 1. The van der Waals surface area contributed by atoms with Crippen LogP contribution in [0, 0.1) is 35.0 Å². The third-order valence-corrected chi connectivity index (χ3v) is 8.16. The number of aliphatic carboxylic acids is 1. The van der Waals surface area contributed by atoms with Crippen LogP contribution >= 0.6 is 0 Å². The average molecular weight is 568 g/mol. The number of halogens is 5. The van der Waals surface area contributed by atoms with Crippen LogP contribution in [0.2, 0.25) is 0 Å². The molecule has 1 N–H and O–H groups in total. The Kier molecular flexibility index (Phi) is 8.56. The van der Waals surface area contributed by atoms with Gasteiger partial charge in [-0.15, -0.1) is 0 Å². The summed E-state index contributed by atoms with van der Waals surface area (Å²) in [6, 6.07) is 4.10. The number of carbonyl (C=O) groups excluding carboxylic acids is 1. The van der Waals surface area contributed by atoms with Crippen molar-refractivity contribution in [1.29, 1.82) is 0 Å². The van der Waals surface area contributed by atoms with Crippen LogP contribution in [0.4, 0.5) is 22.0 Å². The number of carboxylic acids is 1. The molecular formula is C29H34F5N3O3. The van der Waals surface area contributed by atoms with Gasteiger partial charge in [0.25, 0.3) is 0 Å². The van der Waals surface area contributed by atoms with Crippen LogP contribution in [-0.2, 0) is 16.0 Å². The van der Waals surface area contributed by atoms with Crippen molar-refractivity contribution in [2.45, 2.75) is 57.7 Å². The molecule has 218 valence electrons. The Morgan fingerprint density at radius 3 is 2.23 bits per heavy atom. The Labute approximate surface area is 230 Å². The molecule has 1 amide bonds. The van der Waals surface area contributed by atoms with Gasteiger partial charge in [-0.2, -0.15) is 0 Å². The highest BCUT2D eigenvalue weighted by Crippen LogP contribution is 2.39. The first-order valence-electron chi connectivity index (χ1n) is 13.3. The van der Waals surface area contributed by atoms with Gasteiger partial charge in [0.15, 0.2) is 29.1 Å². The van der Waals surface area contributed by atoms with E-state index < -0.39 is 59.0 Å². The molecular weight excluding hydrogens is 533 g/mol. The molecule has 2 heterocycles. The van der Waals surface area contributed by atoms with E-state index in [0.29, 0.717) is 0 Å². The minimum absolute atomic E-state index is 0.0526. The van der Waals surface area contributed by atoms with Gasteiger partial charge < -0.3 is 10.0 Å². The van der Waals surface area contributed by atoms with Gasteiger partial charge in [-0.05, 0) is 51.0 Å². The zero-order valence-electron chi connectivity index (χ0n) is 22.9. The Hall–Kier alpha value is -3.05. The third kappa shape index (κ3) is 5.85. The molecule has 0 bridgehead atoms. The van der Waals surface area contributed by atoms with Crippen LogP contribution in [0.5, 0.6) is 0 Å². The maximum absolute atomic E-state index is 14.9. The number of amides is 1.